The summed E-state index contributed by atoms with van der Waals surface area (Å²) in [6.07, 6.45) is 5.83. The molecule has 1 aliphatic carbocycles. The van der Waals surface area contributed by atoms with Crippen molar-refractivity contribution in [2.24, 2.45) is 5.92 Å². The number of nitrogens with one attached hydrogen (secondary N) is 1. The maximum absolute atomic E-state index is 5.69. The second kappa shape index (κ2) is 7.12. The first-order chi connectivity index (χ1) is 9.56. The van der Waals surface area contributed by atoms with Crippen LogP contribution in [0, 0.1) is 5.92 Å². The van der Waals surface area contributed by atoms with Gasteiger partial charge >= 0.3 is 0 Å². The molecule has 112 valence electrons. The number of hydrogen-bond donors (Lipinski definition) is 1. The highest BCUT2D eigenvalue weighted by molar-refractivity contribution is 5.29. The molecule has 1 aromatic carbocycles. The van der Waals surface area contributed by atoms with Crippen molar-refractivity contribution in [1.82, 2.24) is 5.32 Å². The molecule has 0 aromatic heterocycles. The first-order valence-electron chi connectivity index (χ1n) is 8.09. The standard InChI is InChI=1S/C18H29NO/c1-13(2)20-18-11-9-17(10-12-18)15(4)19-14(3)16-7-5-6-8-16/h9-16,19H,5-8H2,1-4H3/t14-,15?/m0/s1. The van der Waals surface area contributed by atoms with Gasteiger partial charge in [-0.15, -0.1) is 0 Å². The fourth-order valence-electron chi connectivity index (χ4n) is 3.19. The van der Waals surface area contributed by atoms with E-state index in [-0.39, 0.29) is 6.10 Å². The fraction of sp³-hybridized carbons (Fsp3) is 0.667. The van der Waals surface area contributed by atoms with Crippen molar-refractivity contribution in [3.05, 3.63) is 29.8 Å². The molecule has 0 radical (unpaired) electrons. The Hall–Kier alpha value is -1.02. The Bertz CT molecular complexity index is 392. The Labute approximate surface area is 123 Å². The maximum atomic E-state index is 5.69. The van der Waals surface area contributed by atoms with Gasteiger partial charge in [-0.3, -0.25) is 0 Å². The van der Waals surface area contributed by atoms with Crippen molar-refractivity contribution in [3.8, 4) is 5.75 Å². The van der Waals surface area contributed by atoms with E-state index in [0.717, 1.165) is 11.7 Å². The summed E-state index contributed by atoms with van der Waals surface area (Å²) in [4.78, 5) is 0. The average Bonchev–Trinajstić information content (AvgIpc) is 2.92. The highest BCUT2D eigenvalue weighted by Crippen LogP contribution is 2.29. The summed E-state index contributed by atoms with van der Waals surface area (Å²) < 4.78 is 5.69. The summed E-state index contributed by atoms with van der Waals surface area (Å²) in [5.41, 5.74) is 1.34. The molecule has 20 heavy (non-hydrogen) atoms. The van der Waals surface area contributed by atoms with Crippen LogP contribution >= 0.6 is 0 Å². The van der Waals surface area contributed by atoms with Crippen molar-refractivity contribution in [3.63, 3.8) is 0 Å². The monoisotopic (exact) mass is 275 g/mol. The van der Waals surface area contributed by atoms with Crippen molar-refractivity contribution < 1.29 is 4.74 Å². The zero-order valence-corrected chi connectivity index (χ0v) is 13.4. The van der Waals surface area contributed by atoms with E-state index in [0.29, 0.717) is 12.1 Å². The van der Waals surface area contributed by atoms with Crippen molar-refractivity contribution in [2.45, 2.75) is 71.6 Å². The van der Waals surface area contributed by atoms with Crippen LogP contribution < -0.4 is 10.1 Å². The van der Waals surface area contributed by atoms with Crippen molar-refractivity contribution in [2.75, 3.05) is 0 Å². The quantitative estimate of drug-likeness (QED) is 0.812. The van der Waals surface area contributed by atoms with Gasteiger partial charge in [0.25, 0.3) is 0 Å². The van der Waals surface area contributed by atoms with E-state index in [4.69, 9.17) is 4.74 Å². The van der Waals surface area contributed by atoms with Crippen LogP contribution in [0.2, 0.25) is 0 Å². The molecule has 2 nitrogen and oxygen atoms in total. The molecule has 0 spiro atoms. The summed E-state index contributed by atoms with van der Waals surface area (Å²) in [5.74, 6) is 1.82. The van der Waals surface area contributed by atoms with E-state index < -0.39 is 0 Å². The van der Waals surface area contributed by atoms with Gasteiger partial charge in [0.1, 0.15) is 5.75 Å². The van der Waals surface area contributed by atoms with Gasteiger partial charge in [-0.1, -0.05) is 25.0 Å². The van der Waals surface area contributed by atoms with E-state index >= 15 is 0 Å². The molecule has 0 aliphatic heterocycles. The Kier molecular flexibility index (Phi) is 5.47. The molecule has 1 saturated carbocycles. The Morgan fingerprint density at radius 3 is 2.15 bits per heavy atom. The zero-order valence-electron chi connectivity index (χ0n) is 13.4. The molecule has 1 aliphatic rings. The Balaban J connectivity index is 1.89. The van der Waals surface area contributed by atoms with Gasteiger partial charge in [-0.25, -0.2) is 0 Å². The summed E-state index contributed by atoms with van der Waals surface area (Å²) in [5, 5.41) is 3.76. The van der Waals surface area contributed by atoms with Crippen LogP contribution in [0.5, 0.6) is 5.75 Å². The molecule has 0 amide bonds. The van der Waals surface area contributed by atoms with Crippen LogP contribution in [0.1, 0.15) is 65.0 Å². The highest BCUT2D eigenvalue weighted by Gasteiger charge is 2.22. The molecule has 1 unspecified atom stereocenters. The molecule has 2 atom stereocenters. The van der Waals surface area contributed by atoms with Crippen molar-refractivity contribution >= 4 is 0 Å². The molecule has 0 bridgehead atoms. The SMILES string of the molecule is CC(C)Oc1ccc(C(C)N[C@@H](C)C2CCCC2)cc1. The molecule has 0 saturated heterocycles. The lowest BCUT2D eigenvalue weighted by molar-refractivity contribution is 0.242. The van der Waals surface area contributed by atoms with E-state index in [1.165, 1.54) is 31.2 Å². The normalized spacial score (nSPS) is 19.2. The van der Waals surface area contributed by atoms with E-state index in [1.807, 2.05) is 0 Å². The van der Waals surface area contributed by atoms with Crippen LogP contribution in [-0.2, 0) is 0 Å². The maximum Gasteiger partial charge on any atom is 0.119 e. The van der Waals surface area contributed by atoms with Gasteiger partial charge in [-0.2, -0.15) is 0 Å². The first kappa shape index (κ1) is 15.4. The molecule has 1 N–H and O–H groups in total. The van der Waals surface area contributed by atoms with Crippen molar-refractivity contribution in [1.29, 1.82) is 0 Å². The van der Waals surface area contributed by atoms with Crippen LogP contribution in [0.25, 0.3) is 0 Å². The van der Waals surface area contributed by atoms with Gasteiger partial charge in [0.2, 0.25) is 0 Å². The summed E-state index contributed by atoms with van der Waals surface area (Å²) in [6, 6.07) is 9.52. The van der Waals surface area contributed by atoms with Gasteiger partial charge in [0, 0.05) is 12.1 Å². The predicted molar refractivity (Wildman–Crippen MR) is 85.2 cm³/mol. The second-order valence-corrected chi connectivity index (χ2v) is 6.46. The zero-order chi connectivity index (χ0) is 14.5. The largest absolute Gasteiger partial charge is 0.491 e. The van der Waals surface area contributed by atoms with Gasteiger partial charge in [-0.05, 0) is 64.2 Å². The van der Waals surface area contributed by atoms with Crippen LogP contribution in [0.3, 0.4) is 0 Å². The molecular weight excluding hydrogens is 246 g/mol. The lowest BCUT2D eigenvalue weighted by Crippen LogP contribution is -2.34. The molecule has 2 heteroatoms. The average molecular weight is 275 g/mol. The molecule has 1 aromatic rings. The third-order valence-corrected chi connectivity index (χ3v) is 4.37. The number of ether oxygens (including phenoxy) is 1. The molecule has 0 heterocycles. The van der Waals surface area contributed by atoms with E-state index in [1.54, 1.807) is 0 Å². The number of benzene rings is 1. The lowest BCUT2D eigenvalue weighted by Gasteiger charge is -2.25. The van der Waals surface area contributed by atoms with Gasteiger partial charge in [0.15, 0.2) is 0 Å². The second-order valence-electron chi connectivity index (χ2n) is 6.46. The summed E-state index contributed by atoms with van der Waals surface area (Å²) >= 11 is 0. The molecule has 2 rings (SSSR count). The minimum absolute atomic E-state index is 0.235. The fourth-order valence-corrected chi connectivity index (χ4v) is 3.19. The van der Waals surface area contributed by atoms with Gasteiger partial charge < -0.3 is 10.1 Å². The van der Waals surface area contributed by atoms with Gasteiger partial charge in [0.05, 0.1) is 6.10 Å². The topological polar surface area (TPSA) is 21.3 Å². The number of rotatable bonds is 6. The highest BCUT2D eigenvalue weighted by atomic mass is 16.5. The summed E-state index contributed by atoms with van der Waals surface area (Å²) in [6.45, 7) is 8.70. The smallest absolute Gasteiger partial charge is 0.119 e. The minimum atomic E-state index is 0.235. The third kappa shape index (κ3) is 4.24. The van der Waals surface area contributed by atoms with Crippen LogP contribution in [0.15, 0.2) is 24.3 Å². The van der Waals surface area contributed by atoms with Crippen LogP contribution in [-0.4, -0.2) is 12.1 Å². The Morgan fingerprint density at radius 2 is 1.60 bits per heavy atom. The summed E-state index contributed by atoms with van der Waals surface area (Å²) in [7, 11) is 0. The lowest BCUT2D eigenvalue weighted by atomic mass is 9.98. The molecular formula is C18H29NO. The third-order valence-electron chi connectivity index (χ3n) is 4.37. The first-order valence-corrected chi connectivity index (χ1v) is 8.09. The Morgan fingerprint density at radius 1 is 1.00 bits per heavy atom. The predicted octanol–water partition coefficient (Wildman–Crippen LogP) is 4.70. The van der Waals surface area contributed by atoms with Crippen LogP contribution in [0.4, 0.5) is 0 Å². The molecule has 1 fully saturated rings. The van der Waals surface area contributed by atoms with E-state index in [2.05, 4.69) is 57.3 Å². The number of hydrogen-bond acceptors (Lipinski definition) is 2. The minimum Gasteiger partial charge on any atom is -0.491 e. The van der Waals surface area contributed by atoms with E-state index in [9.17, 15) is 0 Å².